The molecule has 2 aromatic heterocycles. The summed E-state index contributed by atoms with van der Waals surface area (Å²) in [7, 11) is 0. The lowest BCUT2D eigenvalue weighted by atomic mass is 10.3. The van der Waals surface area contributed by atoms with Crippen molar-refractivity contribution in [2.24, 2.45) is 0 Å². The lowest BCUT2D eigenvalue weighted by Gasteiger charge is -2.00. The Hall–Kier alpha value is -0.900. The molecule has 2 rings (SSSR count). The van der Waals surface area contributed by atoms with Crippen LogP contribution in [0.2, 0.25) is 15.5 Å². The third-order valence-corrected chi connectivity index (χ3v) is 2.24. The fourth-order valence-corrected chi connectivity index (χ4v) is 1.57. The van der Waals surface area contributed by atoms with Crippen LogP contribution in [0.4, 0.5) is 0 Å². The first kappa shape index (κ1) is 10.6. The normalized spacial score (nSPS) is 10.3. The molecule has 0 bridgehead atoms. The van der Waals surface area contributed by atoms with Crippen molar-refractivity contribution in [3.05, 3.63) is 39.9 Å². The molecular formula is C9H4Cl3N3. The molecule has 0 aliphatic carbocycles. The summed E-state index contributed by atoms with van der Waals surface area (Å²) >= 11 is 17.1. The molecule has 0 spiro atoms. The Balaban J connectivity index is 2.49. The molecule has 0 saturated carbocycles. The number of halogens is 3. The summed E-state index contributed by atoms with van der Waals surface area (Å²) in [5, 5.41) is 0.931. The molecule has 0 saturated heterocycles. The first-order chi connectivity index (χ1) is 7.15. The summed E-state index contributed by atoms with van der Waals surface area (Å²) < 4.78 is 0. The van der Waals surface area contributed by atoms with Crippen molar-refractivity contribution in [3.8, 4) is 11.4 Å². The van der Waals surface area contributed by atoms with Gasteiger partial charge in [0.1, 0.15) is 5.15 Å². The predicted octanol–water partition coefficient (Wildman–Crippen LogP) is 3.50. The highest BCUT2D eigenvalue weighted by Gasteiger charge is 2.04. The maximum atomic E-state index is 5.74. The topological polar surface area (TPSA) is 38.7 Å². The van der Waals surface area contributed by atoms with Crippen LogP contribution in [0.3, 0.4) is 0 Å². The molecule has 2 aromatic rings. The number of nitrogens with zero attached hydrogens (tertiary/aromatic N) is 3. The van der Waals surface area contributed by atoms with Crippen LogP contribution in [0.5, 0.6) is 0 Å². The van der Waals surface area contributed by atoms with Crippen molar-refractivity contribution in [2.45, 2.75) is 0 Å². The highest BCUT2D eigenvalue weighted by atomic mass is 35.5. The van der Waals surface area contributed by atoms with Crippen LogP contribution in [-0.4, -0.2) is 15.0 Å². The summed E-state index contributed by atoms with van der Waals surface area (Å²) in [6.45, 7) is 0. The van der Waals surface area contributed by atoms with E-state index >= 15 is 0 Å². The fourth-order valence-electron chi connectivity index (χ4n) is 1.05. The Bertz CT molecular complexity index is 464. The van der Waals surface area contributed by atoms with Crippen LogP contribution in [-0.2, 0) is 0 Å². The highest BCUT2D eigenvalue weighted by molar-refractivity contribution is 6.32. The van der Waals surface area contributed by atoms with Crippen molar-refractivity contribution in [3.63, 3.8) is 0 Å². The average molecular weight is 261 g/mol. The van der Waals surface area contributed by atoms with Gasteiger partial charge in [0.05, 0.1) is 16.4 Å². The lowest BCUT2D eigenvalue weighted by molar-refractivity contribution is 1.15. The molecule has 0 unspecified atom stereocenters. The molecule has 0 amide bonds. The molecule has 0 atom stereocenters. The van der Waals surface area contributed by atoms with Gasteiger partial charge in [0.15, 0.2) is 0 Å². The van der Waals surface area contributed by atoms with Crippen molar-refractivity contribution in [1.29, 1.82) is 0 Å². The van der Waals surface area contributed by atoms with Gasteiger partial charge in [-0.15, -0.1) is 0 Å². The minimum atomic E-state index is 0.0919. The Labute approximate surface area is 101 Å². The van der Waals surface area contributed by atoms with E-state index in [9.17, 15) is 0 Å². The van der Waals surface area contributed by atoms with E-state index in [0.717, 1.165) is 0 Å². The largest absolute Gasteiger partial charge is 0.253 e. The van der Waals surface area contributed by atoms with Crippen molar-refractivity contribution < 1.29 is 0 Å². The van der Waals surface area contributed by atoms with E-state index in [0.29, 0.717) is 16.4 Å². The van der Waals surface area contributed by atoms with Crippen molar-refractivity contribution in [1.82, 2.24) is 15.0 Å². The predicted molar refractivity (Wildman–Crippen MR) is 60.3 cm³/mol. The molecule has 0 aliphatic heterocycles. The smallest absolute Gasteiger partial charge is 0.224 e. The van der Waals surface area contributed by atoms with Crippen molar-refractivity contribution >= 4 is 34.8 Å². The van der Waals surface area contributed by atoms with E-state index in [-0.39, 0.29) is 10.4 Å². The van der Waals surface area contributed by atoms with Crippen molar-refractivity contribution in [2.75, 3.05) is 0 Å². The lowest BCUT2D eigenvalue weighted by Crippen LogP contribution is -1.90. The van der Waals surface area contributed by atoms with Crippen LogP contribution in [0.1, 0.15) is 0 Å². The zero-order valence-electron chi connectivity index (χ0n) is 7.28. The zero-order valence-corrected chi connectivity index (χ0v) is 9.55. The summed E-state index contributed by atoms with van der Waals surface area (Å²) in [6.07, 6.45) is 1.53. The van der Waals surface area contributed by atoms with Crippen LogP contribution in [0, 0.1) is 0 Å². The molecule has 0 fully saturated rings. The molecule has 15 heavy (non-hydrogen) atoms. The molecule has 0 radical (unpaired) electrons. The van der Waals surface area contributed by atoms with E-state index < -0.39 is 0 Å². The van der Waals surface area contributed by atoms with Gasteiger partial charge in [0.25, 0.3) is 0 Å². The molecule has 3 nitrogen and oxygen atoms in total. The maximum absolute atomic E-state index is 5.74. The van der Waals surface area contributed by atoms with Gasteiger partial charge in [-0.1, -0.05) is 23.2 Å². The summed E-state index contributed by atoms with van der Waals surface area (Å²) in [6, 6.07) is 5.04. The molecule has 76 valence electrons. The van der Waals surface area contributed by atoms with Crippen LogP contribution < -0.4 is 0 Å². The van der Waals surface area contributed by atoms with Crippen LogP contribution >= 0.6 is 34.8 Å². The standard InChI is InChI=1S/C9H4Cl3N3/c10-5-1-2-6(13-4-5)7-3-8(11)15-9(12)14-7/h1-4H. The third-order valence-electron chi connectivity index (χ3n) is 1.66. The van der Waals surface area contributed by atoms with Gasteiger partial charge in [0, 0.05) is 12.3 Å². The first-order valence-corrected chi connectivity index (χ1v) is 5.10. The van der Waals surface area contributed by atoms with Crippen LogP contribution in [0.25, 0.3) is 11.4 Å². The monoisotopic (exact) mass is 259 g/mol. The summed E-state index contributed by atoms with van der Waals surface area (Å²) in [5.41, 5.74) is 1.21. The SMILES string of the molecule is Clc1ccc(-c2cc(Cl)nc(Cl)n2)nc1. The molecule has 0 N–H and O–H groups in total. The number of aromatic nitrogens is 3. The Kier molecular flexibility index (Phi) is 3.05. The van der Waals surface area contributed by atoms with Gasteiger partial charge in [-0.05, 0) is 23.7 Å². The van der Waals surface area contributed by atoms with Gasteiger partial charge < -0.3 is 0 Å². The van der Waals surface area contributed by atoms with E-state index in [1.54, 1.807) is 18.2 Å². The average Bonchev–Trinajstić information content (AvgIpc) is 2.17. The minimum Gasteiger partial charge on any atom is -0.253 e. The third kappa shape index (κ3) is 2.56. The number of hydrogen-bond donors (Lipinski definition) is 0. The first-order valence-electron chi connectivity index (χ1n) is 3.97. The number of rotatable bonds is 1. The second-order valence-corrected chi connectivity index (χ2v) is 3.87. The Morgan fingerprint density at radius 1 is 0.933 bits per heavy atom. The van der Waals surface area contributed by atoms with E-state index in [1.165, 1.54) is 6.20 Å². The quantitative estimate of drug-likeness (QED) is 0.582. The van der Waals surface area contributed by atoms with E-state index in [1.807, 2.05) is 0 Å². The van der Waals surface area contributed by atoms with Gasteiger partial charge in [0.2, 0.25) is 5.28 Å². The maximum Gasteiger partial charge on any atom is 0.224 e. The molecule has 6 heteroatoms. The van der Waals surface area contributed by atoms with Gasteiger partial charge in [-0.3, -0.25) is 4.98 Å². The second-order valence-electron chi connectivity index (χ2n) is 2.71. The highest BCUT2D eigenvalue weighted by Crippen LogP contribution is 2.20. The van der Waals surface area contributed by atoms with Crippen LogP contribution in [0.15, 0.2) is 24.4 Å². The van der Waals surface area contributed by atoms with Gasteiger partial charge in [-0.25, -0.2) is 9.97 Å². The number of hydrogen-bond acceptors (Lipinski definition) is 3. The summed E-state index contributed by atoms with van der Waals surface area (Å²) in [4.78, 5) is 11.8. The van der Waals surface area contributed by atoms with Gasteiger partial charge in [-0.2, -0.15) is 0 Å². The van der Waals surface area contributed by atoms with Gasteiger partial charge >= 0.3 is 0 Å². The van der Waals surface area contributed by atoms with E-state index in [2.05, 4.69) is 15.0 Å². The molecule has 0 aliphatic rings. The molecule has 0 aromatic carbocycles. The van der Waals surface area contributed by atoms with E-state index in [4.69, 9.17) is 34.8 Å². The fraction of sp³-hybridized carbons (Fsp3) is 0. The minimum absolute atomic E-state index is 0.0919. The molecular weight excluding hydrogens is 256 g/mol. The molecule has 2 heterocycles. The summed E-state index contributed by atoms with van der Waals surface area (Å²) in [5.74, 6) is 0. The zero-order chi connectivity index (χ0) is 10.8. The Morgan fingerprint density at radius 2 is 1.73 bits per heavy atom. The Morgan fingerprint density at radius 3 is 2.33 bits per heavy atom. The number of pyridine rings is 1. The second kappa shape index (κ2) is 4.31.